The van der Waals surface area contributed by atoms with Crippen LogP contribution < -0.4 is 5.32 Å². The molecule has 0 saturated heterocycles. The Morgan fingerprint density at radius 3 is 2.69 bits per heavy atom. The minimum atomic E-state index is 0.572. The first kappa shape index (κ1) is 11.0. The summed E-state index contributed by atoms with van der Waals surface area (Å²) in [5.41, 5.74) is 0. The van der Waals surface area contributed by atoms with Crippen molar-refractivity contribution in [1.29, 1.82) is 0 Å². The summed E-state index contributed by atoms with van der Waals surface area (Å²) in [6.45, 7) is 2.47. The molecule has 1 N–H and O–H groups in total. The van der Waals surface area contributed by atoms with E-state index in [1.165, 1.54) is 12.8 Å². The smallest absolute Gasteiger partial charge is 0.0622 e. The van der Waals surface area contributed by atoms with Crippen LogP contribution in [0.4, 0.5) is 0 Å². The average molecular weight is 187 g/mol. The summed E-state index contributed by atoms with van der Waals surface area (Å²) in [5.74, 6) is 0.868. The van der Waals surface area contributed by atoms with E-state index in [4.69, 9.17) is 9.47 Å². The van der Waals surface area contributed by atoms with E-state index in [-0.39, 0.29) is 0 Å². The van der Waals surface area contributed by atoms with Gasteiger partial charge in [0.05, 0.1) is 6.61 Å². The van der Waals surface area contributed by atoms with Crippen molar-refractivity contribution < 1.29 is 9.47 Å². The van der Waals surface area contributed by atoms with Crippen LogP contribution in [-0.2, 0) is 9.47 Å². The summed E-state index contributed by atoms with van der Waals surface area (Å²) in [5, 5.41) is 3.30. The van der Waals surface area contributed by atoms with Crippen LogP contribution in [-0.4, -0.2) is 40.0 Å². The Hall–Kier alpha value is -0.120. The number of rotatable bonds is 8. The van der Waals surface area contributed by atoms with Crippen LogP contribution in [0.1, 0.15) is 19.3 Å². The van der Waals surface area contributed by atoms with Crippen LogP contribution in [0.15, 0.2) is 0 Å². The van der Waals surface area contributed by atoms with Gasteiger partial charge in [-0.15, -0.1) is 0 Å². The topological polar surface area (TPSA) is 30.5 Å². The van der Waals surface area contributed by atoms with Gasteiger partial charge in [-0.2, -0.15) is 0 Å². The molecule has 1 atom stereocenters. The molecule has 3 heteroatoms. The summed E-state index contributed by atoms with van der Waals surface area (Å²) >= 11 is 0. The van der Waals surface area contributed by atoms with Gasteiger partial charge in [0, 0.05) is 26.4 Å². The van der Waals surface area contributed by atoms with Gasteiger partial charge in [0.2, 0.25) is 0 Å². The number of methoxy groups -OCH3 is 1. The molecule has 0 spiro atoms. The molecule has 0 aliphatic heterocycles. The molecule has 1 aliphatic rings. The Balaban J connectivity index is 1.90. The molecule has 0 heterocycles. The third kappa shape index (κ3) is 4.60. The van der Waals surface area contributed by atoms with Gasteiger partial charge in [-0.1, -0.05) is 0 Å². The first-order valence-electron chi connectivity index (χ1n) is 5.12. The highest BCUT2D eigenvalue weighted by molar-refractivity contribution is 4.85. The van der Waals surface area contributed by atoms with Crippen molar-refractivity contribution in [3.8, 4) is 0 Å². The highest BCUT2D eigenvalue weighted by atomic mass is 16.5. The van der Waals surface area contributed by atoms with Gasteiger partial charge in [0.25, 0.3) is 0 Å². The Bertz CT molecular complexity index is 126. The summed E-state index contributed by atoms with van der Waals surface area (Å²) in [7, 11) is 3.74. The molecular weight excluding hydrogens is 166 g/mol. The van der Waals surface area contributed by atoms with Crippen molar-refractivity contribution in [2.24, 2.45) is 5.92 Å². The molecule has 0 aromatic heterocycles. The molecule has 0 bridgehead atoms. The summed E-state index contributed by atoms with van der Waals surface area (Å²) in [4.78, 5) is 0. The molecule has 0 radical (unpaired) electrons. The normalized spacial score (nSPS) is 18.9. The Labute approximate surface area is 80.8 Å². The Morgan fingerprint density at radius 1 is 1.38 bits per heavy atom. The second-order valence-electron chi connectivity index (χ2n) is 3.65. The fraction of sp³-hybridized carbons (Fsp3) is 1.00. The van der Waals surface area contributed by atoms with Gasteiger partial charge in [0.15, 0.2) is 0 Å². The second kappa shape index (κ2) is 6.35. The molecule has 1 saturated carbocycles. The molecule has 0 aromatic carbocycles. The van der Waals surface area contributed by atoms with Crippen molar-refractivity contribution in [1.82, 2.24) is 5.32 Å². The van der Waals surface area contributed by atoms with E-state index >= 15 is 0 Å². The van der Waals surface area contributed by atoms with Gasteiger partial charge in [0.1, 0.15) is 0 Å². The highest BCUT2D eigenvalue weighted by Gasteiger charge is 2.29. The monoisotopic (exact) mass is 187 g/mol. The van der Waals surface area contributed by atoms with Crippen molar-refractivity contribution in [2.75, 3.05) is 34.0 Å². The molecule has 1 aliphatic carbocycles. The predicted octanol–water partition coefficient (Wildman–Crippen LogP) is 1.04. The summed E-state index contributed by atoms with van der Waals surface area (Å²) in [6, 6.07) is 0.572. The van der Waals surface area contributed by atoms with E-state index in [1.54, 1.807) is 7.11 Å². The quantitative estimate of drug-likeness (QED) is 0.576. The van der Waals surface area contributed by atoms with Gasteiger partial charge >= 0.3 is 0 Å². The van der Waals surface area contributed by atoms with Crippen LogP contribution in [0.2, 0.25) is 0 Å². The first-order chi connectivity index (χ1) is 6.38. The fourth-order valence-corrected chi connectivity index (χ4v) is 1.47. The van der Waals surface area contributed by atoms with Crippen molar-refractivity contribution >= 4 is 0 Å². The van der Waals surface area contributed by atoms with Crippen molar-refractivity contribution in [2.45, 2.75) is 25.3 Å². The number of nitrogens with one attached hydrogen (secondary N) is 1. The number of likely N-dealkylation sites (N-methyl/N-ethyl adjacent to an activating group) is 1. The standard InChI is InChI=1S/C10H21NO2/c1-11-10(9-4-5-9)8-13-7-3-6-12-2/h9-11H,3-8H2,1-2H3. The van der Waals surface area contributed by atoms with Gasteiger partial charge in [-0.25, -0.2) is 0 Å². The van der Waals surface area contributed by atoms with E-state index < -0.39 is 0 Å². The maximum Gasteiger partial charge on any atom is 0.0622 e. The zero-order valence-electron chi connectivity index (χ0n) is 8.71. The molecule has 3 nitrogen and oxygen atoms in total. The van der Waals surface area contributed by atoms with E-state index in [2.05, 4.69) is 5.32 Å². The third-order valence-corrected chi connectivity index (χ3v) is 2.50. The number of hydrogen-bond acceptors (Lipinski definition) is 3. The largest absolute Gasteiger partial charge is 0.385 e. The lowest BCUT2D eigenvalue weighted by molar-refractivity contribution is 0.0849. The van der Waals surface area contributed by atoms with Gasteiger partial charge in [-0.05, 0) is 32.2 Å². The lowest BCUT2D eigenvalue weighted by Gasteiger charge is -2.15. The van der Waals surface area contributed by atoms with E-state index in [9.17, 15) is 0 Å². The molecule has 0 amide bonds. The van der Waals surface area contributed by atoms with Crippen LogP contribution in [0.25, 0.3) is 0 Å². The van der Waals surface area contributed by atoms with Gasteiger partial charge in [-0.3, -0.25) is 0 Å². The zero-order valence-corrected chi connectivity index (χ0v) is 8.71. The molecule has 1 unspecified atom stereocenters. The maximum absolute atomic E-state index is 5.55. The number of ether oxygens (including phenoxy) is 2. The molecule has 78 valence electrons. The van der Waals surface area contributed by atoms with E-state index in [0.717, 1.165) is 32.2 Å². The molecule has 1 fully saturated rings. The lowest BCUT2D eigenvalue weighted by atomic mass is 10.2. The summed E-state index contributed by atoms with van der Waals surface area (Å²) in [6.07, 6.45) is 3.73. The highest BCUT2D eigenvalue weighted by Crippen LogP contribution is 2.32. The average Bonchev–Trinajstić information content (AvgIpc) is 2.95. The van der Waals surface area contributed by atoms with Crippen LogP contribution >= 0.6 is 0 Å². The lowest BCUT2D eigenvalue weighted by Crippen LogP contribution is -2.32. The molecule has 0 aromatic rings. The van der Waals surface area contributed by atoms with Crippen LogP contribution in [0.3, 0.4) is 0 Å². The maximum atomic E-state index is 5.55. The number of hydrogen-bond donors (Lipinski definition) is 1. The Morgan fingerprint density at radius 2 is 2.15 bits per heavy atom. The van der Waals surface area contributed by atoms with Crippen molar-refractivity contribution in [3.63, 3.8) is 0 Å². The minimum absolute atomic E-state index is 0.572. The van der Waals surface area contributed by atoms with Crippen LogP contribution in [0, 0.1) is 5.92 Å². The molecule has 1 rings (SSSR count). The van der Waals surface area contributed by atoms with E-state index in [0.29, 0.717) is 6.04 Å². The van der Waals surface area contributed by atoms with Gasteiger partial charge < -0.3 is 14.8 Å². The fourth-order valence-electron chi connectivity index (χ4n) is 1.47. The zero-order chi connectivity index (χ0) is 9.52. The molecular formula is C10H21NO2. The Kier molecular flexibility index (Phi) is 5.35. The SMILES string of the molecule is CNC(COCCCOC)C1CC1. The molecule has 13 heavy (non-hydrogen) atoms. The second-order valence-corrected chi connectivity index (χ2v) is 3.65. The van der Waals surface area contributed by atoms with Crippen LogP contribution in [0.5, 0.6) is 0 Å². The third-order valence-electron chi connectivity index (χ3n) is 2.50. The minimum Gasteiger partial charge on any atom is -0.385 e. The van der Waals surface area contributed by atoms with Crippen molar-refractivity contribution in [3.05, 3.63) is 0 Å². The van der Waals surface area contributed by atoms with E-state index in [1.807, 2.05) is 7.05 Å². The first-order valence-corrected chi connectivity index (χ1v) is 5.12. The summed E-state index contributed by atoms with van der Waals surface area (Å²) < 4.78 is 10.5. The predicted molar refractivity (Wildman–Crippen MR) is 52.9 cm³/mol.